The summed E-state index contributed by atoms with van der Waals surface area (Å²) in [6, 6.07) is 17.6. The van der Waals surface area contributed by atoms with Gasteiger partial charge in [0.15, 0.2) is 0 Å². The third-order valence-electron chi connectivity index (χ3n) is 3.51. The SMILES string of the molecule is CCC(N)C(Sc1ccc(C)cc1)c1cccc(C)c1. The van der Waals surface area contributed by atoms with Crippen LogP contribution in [0.2, 0.25) is 0 Å². The van der Waals surface area contributed by atoms with Gasteiger partial charge in [0.05, 0.1) is 0 Å². The Hall–Kier alpha value is -1.25. The van der Waals surface area contributed by atoms with Crippen LogP contribution in [0.4, 0.5) is 0 Å². The lowest BCUT2D eigenvalue weighted by Gasteiger charge is -2.23. The Morgan fingerprint density at radius 3 is 2.30 bits per heavy atom. The molecule has 2 N–H and O–H groups in total. The summed E-state index contributed by atoms with van der Waals surface area (Å²) >= 11 is 1.87. The van der Waals surface area contributed by atoms with E-state index in [2.05, 4.69) is 69.3 Å². The van der Waals surface area contributed by atoms with Gasteiger partial charge in [-0.05, 0) is 38.0 Å². The number of nitrogens with two attached hydrogens (primary N) is 1. The summed E-state index contributed by atoms with van der Waals surface area (Å²) in [5, 5.41) is 0.308. The second-order valence-electron chi connectivity index (χ2n) is 5.34. The lowest BCUT2D eigenvalue weighted by Crippen LogP contribution is -2.25. The first-order valence-electron chi connectivity index (χ1n) is 7.15. The first kappa shape index (κ1) is 15.1. The molecule has 2 unspecified atom stereocenters. The van der Waals surface area contributed by atoms with Crippen molar-refractivity contribution in [3.63, 3.8) is 0 Å². The van der Waals surface area contributed by atoms with E-state index < -0.39 is 0 Å². The molecule has 2 aromatic rings. The van der Waals surface area contributed by atoms with Gasteiger partial charge in [-0.15, -0.1) is 11.8 Å². The fraction of sp³-hybridized carbons (Fsp3) is 0.333. The largest absolute Gasteiger partial charge is 0.326 e. The van der Waals surface area contributed by atoms with Crippen molar-refractivity contribution in [3.05, 3.63) is 65.2 Å². The smallest absolute Gasteiger partial charge is 0.0495 e. The Bertz CT molecular complexity index is 548. The molecular weight excluding hydrogens is 262 g/mol. The molecular formula is C18H23NS. The number of aryl methyl sites for hydroxylation is 2. The Kier molecular flexibility index (Phi) is 5.27. The molecule has 0 aliphatic rings. The van der Waals surface area contributed by atoms with E-state index in [4.69, 9.17) is 5.73 Å². The summed E-state index contributed by atoms with van der Waals surface area (Å²) in [5.41, 5.74) is 10.3. The van der Waals surface area contributed by atoms with Crippen molar-refractivity contribution in [2.24, 2.45) is 5.73 Å². The van der Waals surface area contributed by atoms with Crippen LogP contribution in [-0.2, 0) is 0 Å². The average Bonchev–Trinajstić information content (AvgIpc) is 2.46. The summed E-state index contributed by atoms with van der Waals surface area (Å²) in [7, 11) is 0. The standard InChI is InChI=1S/C18H23NS/c1-4-17(19)18(15-7-5-6-14(3)12-15)20-16-10-8-13(2)9-11-16/h5-12,17-18H,4,19H2,1-3H3. The average molecular weight is 285 g/mol. The zero-order valence-electron chi connectivity index (χ0n) is 12.5. The van der Waals surface area contributed by atoms with E-state index in [1.54, 1.807) is 0 Å². The molecule has 106 valence electrons. The Morgan fingerprint density at radius 1 is 1.00 bits per heavy atom. The van der Waals surface area contributed by atoms with Crippen molar-refractivity contribution >= 4 is 11.8 Å². The molecule has 2 heteroatoms. The van der Waals surface area contributed by atoms with Crippen LogP contribution in [0.3, 0.4) is 0 Å². The maximum Gasteiger partial charge on any atom is 0.0495 e. The molecule has 2 rings (SSSR count). The molecule has 0 saturated carbocycles. The zero-order valence-corrected chi connectivity index (χ0v) is 13.3. The van der Waals surface area contributed by atoms with Gasteiger partial charge in [-0.1, -0.05) is 54.4 Å². The van der Waals surface area contributed by atoms with E-state index in [-0.39, 0.29) is 6.04 Å². The Morgan fingerprint density at radius 2 is 1.70 bits per heavy atom. The number of hydrogen-bond acceptors (Lipinski definition) is 2. The van der Waals surface area contributed by atoms with Crippen LogP contribution in [0.25, 0.3) is 0 Å². The molecule has 0 aromatic heterocycles. The van der Waals surface area contributed by atoms with E-state index in [1.807, 2.05) is 11.8 Å². The molecule has 0 bridgehead atoms. The van der Waals surface area contributed by atoms with Crippen LogP contribution >= 0.6 is 11.8 Å². The van der Waals surface area contributed by atoms with Crippen molar-refractivity contribution in [2.45, 2.75) is 43.4 Å². The topological polar surface area (TPSA) is 26.0 Å². The minimum Gasteiger partial charge on any atom is -0.326 e. The van der Waals surface area contributed by atoms with Gasteiger partial charge in [0.25, 0.3) is 0 Å². The molecule has 0 aliphatic heterocycles. The van der Waals surface area contributed by atoms with Crippen LogP contribution in [-0.4, -0.2) is 6.04 Å². The molecule has 0 spiro atoms. The summed E-state index contributed by atoms with van der Waals surface area (Å²) in [6.45, 7) is 6.40. The number of thioether (sulfide) groups is 1. The summed E-state index contributed by atoms with van der Waals surface area (Å²) < 4.78 is 0. The highest BCUT2D eigenvalue weighted by Crippen LogP contribution is 2.38. The van der Waals surface area contributed by atoms with E-state index in [1.165, 1.54) is 21.6 Å². The maximum atomic E-state index is 6.36. The van der Waals surface area contributed by atoms with Gasteiger partial charge in [-0.25, -0.2) is 0 Å². The molecule has 1 nitrogen and oxygen atoms in total. The third kappa shape index (κ3) is 3.87. The second-order valence-corrected chi connectivity index (χ2v) is 6.55. The highest BCUT2D eigenvalue weighted by Gasteiger charge is 2.19. The zero-order chi connectivity index (χ0) is 14.5. The van der Waals surface area contributed by atoms with Gasteiger partial charge in [0.2, 0.25) is 0 Å². The summed E-state index contributed by atoms with van der Waals surface area (Å²) in [5.74, 6) is 0. The molecule has 0 heterocycles. The van der Waals surface area contributed by atoms with E-state index in [0.717, 1.165) is 6.42 Å². The van der Waals surface area contributed by atoms with Crippen molar-refractivity contribution < 1.29 is 0 Å². The molecule has 2 atom stereocenters. The highest BCUT2D eigenvalue weighted by molar-refractivity contribution is 7.99. The van der Waals surface area contributed by atoms with E-state index >= 15 is 0 Å². The first-order valence-corrected chi connectivity index (χ1v) is 8.03. The molecule has 20 heavy (non-hydrogen) atoms. The van der Waals surface area contributed by atoms with Crippen molar-refractivity contribution in [1.82, 2.24) is 0 Å². The van der Waals surface area contributed by atoms with Crippen LogP contribution in [0, 0.1) is 13.8 Å². The van der Waals surface area contributed by atoms with Gasteiger partial charge in [0.1, 0.15) is 0 Å². The Balaban J connectivity index is 2.26. The molecule has 0 amide bonds. The van der Waals surface area contributed by atoms with Gasteiger partial charge < -0.3 is 5.73 Å². The maximum absolute atomic E-state index is 6.36. The normalized spacial score (nSPS) is 14.0. The molecule has 0 aliphatic carbocycles. The Labute approximate surface area is 126 Å². The summed E-state index contributed by atoms with van der Waals surface area (Å²) in [6.07, 6.45) is 0.984. The fourth-order valence-electron chi connectivity index (χ4n) is 2.23. The number of hydrogen-bond donors (Lipinski definition) is 1. The lowest BCUT2D eigenvalue weighted by molar-refractivity contribution is 0.634. The minimum atomic E-state index is 0.170. The number of benzene rings is 2. The minimum absolute atomic E-state index is 0.170. The quantitative estimate of drug-likeness (QED) is 0.793. The van der Waals surface area contributed by atoms with Crippen LogP contribution in [0.5, 0.6) is 0 Å². The fourth-order valence-corrected chi connectivity index (χ4v) is 3.46. The monoisotopic (exact) mass is 285 g/mol. The second kappa shape index (κ2) is 6.96. The van der Waals surface area contributed by atoms with Crippen LogP contribution in [0.15, 0.2) is 53.4 Å². The molecule has 2 aromatic carbocycles. The third-order valence-corrected chi connectivity index (χ3v) is 4.93. The molecule has 0 fully saturated rings. The van der Waals surface area contributed by atoms with Gasteiger partial charge in [0, 0.05) is 16.2 Å². The lowest BCUT2D eigenvalue weighted by atomic mass is 10.0. The van der Waals surface area contributed by atoms with Crippen LogP contribution in [0.1, 0.15) is 35.3 Å². The van der Waals surface area contributed by atoms with Gasteiger partial charge in [-0.2, -0.15) is 0 Å². The predicted molar refractivity (Wildman–Crippen MR) is 89.2 cm³/mol. The van der Waals surface area contributed by atoms with Crippen molar-refractivity contribution in [3.8, 4) is 0 Å². The van der Waals surface area contributed by atoms with E-state index in [0.29, 0.717) is 5.25 Å². The number of rotatable bonds is 5. The van der Waals surface area contributed by atoms with E-state index in [9.17, 15) is 0 Å². The van der Waals surface area contributed by atoms with Crippen molar-refractivity contribution in [1.29, 1.82) is 0 Å². The first-order chi connectivity index (χ1) is 9.60. The molecule has 0 saturated heterocycles. The van der Waals surface area contributed by atoms with Gasteiger partial charge in [-0.3, -0.25) is 0 Å². The van der Waals surface area contributed by atoms with Crippen molar-refractivity contribution in [2.75, 3.05) is 0 Å². The highest BCUT2D eigenvalue weighted by atomic mass is 32.2. The predicted octanol–water partition coefficient (Wildman–Crippen LogP) is 4.87. The van der Waals surface area contributed by atoms with Gasteiger partial charge >= 0.3 is 0 Å². The molecule has 0 radical (unpaired) electrons. The van der Waals surface area contributed by atoms with Crippen LogP contribution < -0.4 is 5.73 Å². The summed E-state index contributed by atoms with van der Waals surface area (Å²) in [4.78, 5) is 1.28.